The Morgan fingerprint density at radius 1 is 1.11 bits per heavy atom. The van der Waals surface area contributed by atoms with E-state index in [-0.39, 0.29) is 24.0 Å². The highest BCUT2D eigenvalue weighted by Gasteiger charge is 2.33. The first kappa shape index (κ1) is 24.2. The smallest absolute Gasteiger partial charge is 0.191 e. The molecule has 0 radical (unpaired) electrons. The molecule has 1 aliphatic rings. The summed E-state index contributed by atoms with van der Waals surface area (Å²) in [6, 6.07) is 8.49. The topological polar surface area (TPSA) is 54.9 Å². The molecule has 2 rings (SSSR count). The molecule has 0 amide bonds. The van der Waals surface area contributed by atoms with Crippen LogP contribution < -0.4 is 10.6 Å². The van der Waals surface area contributed by atoms with Crippen LogP contribution >= 0.6 is 24.0 Å². The summed E-state index contributed by atoms with van der Waals surface area (Å²) < 4.78 is 10.8. The van der Waals surface area contributed by atoms with Crippen LogP contribution in [0.1, 0.15) is 50.2 Å². The molecule has 0 spiro atoms. The molecule has 5 nitrogen and oxygen atoms in total. The number of nitrogens with one attached hydrogen (secondary N) is 2. The first-order valence-corrected chi connectivity index (χ1v) is 9.80. The third-order valence-electron chi connectivity index (χ3n) is 5.29. The number of rotatable bonds is 10. The van der Waals surface area contributed by atoms with E-state index in [4.69, 9.17) is 9.47 Å². The first-order chi connectivity index (χ1) is 12.7. The first-order valence-electron chi connectivity index (χ1n) is 9.80. The summed E-state index contributed by atoms with van der Waals surface area (Å²) in [5.41, 5.74) is 2.78. The van der Waals surface area contributed by atoms with Gasteiger partial charge in [-0.2, -0.15) is 0 Å². The predicted molar refractivity (Wildman–Crippen MR) is 123 cm³/mol. The number of hydrogen-bond donors (Lipinski definition) is 2. The lowest BCUT2D eigenvalue weighted by molar-refractivity contribution is 0.105. The standard InChI is InChI=1S/C21H35N3O2.HI/c1-4-26-14-13-21(11-5-6-12-21)17-24-20(22-2)23-15-18-7-9-19(10-8-18)16-25-3;/h7-10H,4-6,11-17H2,1-3H3,(H2,22,23,24);1H. The van der Waals surface area contributed by atoms with Crippen molar-refractivity contribution in [2.75, 3.05) is 33.9 Å². The molecule has 0 unspecified atom stereocenters. The van der Waals surface area contributed by atoms with Crippen molar-refractivity contribution >= 4 is 29.9 Å². The van der Waals surface area contributed by atoms with Crippen LogP contribution in [-0.4, -0.2) is 39.9 Å². The van der Waals surface area contributed by atoms with Crippen molar-refractivity contribution in [1.29, 1.82) is 0 Å². The van der Waals surface area contributed by atoms with Crippen LogP contribution in [0.5, 0.6) is 0 Å². The molecule has 0 aliphatic heterocycles. The number of benzene rings is 1. The fourth-order valence-corrected chi connectivity index (χ4v) is 3.67. The Morgan fingerprint density at radius 2 is 1.78 bits per heavy atom. The Morgan fingerprint density at radius 3 is 2.37 bits per heavy atom. The lowest BCUT2D eigenvalue weighted by Crippen LogP contribution is -2.43. The van der Waals surface area contributed by atoms with Crippen LogP contribution in [-0.2, 0) is 22.6 Å². The highest BCUT2D eigenvalue weighted by molar-refractivity contribution is 14.0. The molecule has 1 aliphatic carbocycles. The van der Waals surface area contributed by atoms with Crippen LogP contribution in [0.2, 0.25) is 0 Å². The van der Waals surface area contributed by atoms with E-state index in [9.17, 15) is 0 Å². The minimum Gasteiger partial charge on any atom is -0.382 e. The third-order valence-corrected chi connectivity index (χ3v) is 5.29. The fourth-order valence-electron chi connectivity index (χ4n) is 3.67. The van der Waals surface area contributed by atoms with Crippen molar-refractivity contribution in [2.45, 2.75) is 52.2 Å². The molecule has 1 fully saturated rings. The van der Waals surface area contributed by atoms with Gasteiger partial charge in [-0.3, -0.25) is 4.99 Å². The molecule has 0 bridgehead atoms. The van der Waals surface area contributed by atoms with Crippen molar-refractivity contribution in [3.05, 3.63) is 35.4 Å². The maximum atomic E-state index is 5.60. The molecule has 0 heterocycles. The summed E-state index contributed by atoms with van der Waals surface area (Å²) in [4.78, 5) is 4.38. The van der Waals surface area contributed by atoms with E-state index in [2.05, 4.69) is 46.8 Å². The van der Waals surface area contributed by atoms with Gasteiger partial charge < -0.3 is 20.1 Å². The van der Waals surface area contributed by atoms with Gasteiger partial charge in [-0.25, -0.2) is 0 Å². The van der Waals surface area contributed by atoms with Gasteiger partial charge in [0.1, 0.15) is 0 Å². The van der Waals surface area contributed by atoms with E-state index < -0.39 is 0 Å². The summed E-state index contributed by atoms with van der Waals surface area (Å²) in [5.74, 6) is 0.869. The molecule has 0 aromatic heterocycles. The van der Waals surface area contributed by atoms with Gasteiger partial charge in [-0.05, 0) is 42.7 Å². The van der Waals surface area contributed by atoms with Gasteiger partial charge in [0.25, 0.3) is 0 Å². The Hall–Kier alpha value is -0.860. The molecular weight excluding hydrogens is 453 g/mol. The van der Waals surface area contributed by atoms with Crippen molar-refractivity contribution < 1.29 is 9.47 Å². The van der Waals surface area contributed by atoms with Gasteiger partial charge in [0.2, 0.25) is 0 Å². The van der Waals surface area contributed by atoms with Gasteiger partial charge in [-0.15, -0.1) is 24.0 Å². The molecule has 1 aromatic carbocycles. The van der Waals surface area contributed by atoms with Gasteiger partial charge in [0.15, 0.2) is 5.96 Å². The maximum Gasteiger partial charge on any atom is 0.191 e. The van der Waals surface area contributed by atoms with Crippen LogP contribution in [0.25, 0.3) is 0 Å². The lowest BCUT2D eigenvalue weighted by atomic mass is 9.83. The number of nitrogens with zero attached hydrogens (tertiary/aromatic N) is 1. The van der Waals surface area contributed by atoms with E-state index in [1.807, 2.05) is 7.05 Å². The fraction of sp³-hybridized carbons (Fsp3) is 0.667. The zero-order valence-electron chi connectivity index (χ0n) is 17.1. The quantitative estimate of drug-likeness (QED) is 0.225. The minimum absolute atomic E-state index is 0. The average Bonchev–Trinajstić information content (AvgIpc) is 3.13. The van der Waals surface area contributed by atoms with Crippen molar-refractivity contribution in [3.63, 3.8) is 0 Å². The van der Waals surface area contributed by atoms with Crippen LogP contribution in [0.15, 0.2) is 29.3 Å². The molecule has 6 heteroatoms. The van der Waals surface area contributed by atoms with Crippen LogP contribution in [0, 0.1) is 5.41 Å². The van der Waals surface area contributed by atoms with E-state index in [1.54, 1.807) is 7.11 Å². The Balaban J connectivity index is 0.00000364. The van der Waals surface area contributed by atoms with Crippen molar-refractivity contribution in [3.8, 4) is 0 Å². The van der Waals surface area contributed by atoms with E-state index in [0.717, 1.165) is 38.7 Å². The zero-order chi connectivity index (χ0) is 18.7. The highest BCUT2D eigenvalue weighted by Crippen LogP contribution is 2.40. The summed E-state index contributed by atoms with van der Waals surface area (Å²) in [7, 11) is 3.55. The second kappa shape index (κ2) is 13.3. The number of aliphatic imine (C=N–C) groups is 1. The number of methoxy groups -OCH3 is 1. The number of ether oxygens (including phenoxy) is 2. The van der Waals surface area contributed by atoms with Crippen LogP contribution in [0.3, 0.4) is 0 Å². The molecular formula is C21H36IN3O2. The SMILES string of the molecule is CCOCCC1(CNC(=NC)NCc2ccc(COC)cc2)CCCC1.I. The molecule has 2 N–H and O–H groups in total. The third kappa shape index (κ3) is 8.35. The zero-order valence-corrected chi connectivity index (χ0v) is 19.4. The van der Waals surface area contributed by atoms with Crippen molar-refractivity contribution in [2.24, 2.45) is 10.4 Å². The van der Waals surface area contributed by atoms with E-state index in [0.29, 0.717) is 12.0 Å². The second-order valence-corrected chi connectivity index (χ2v) is 7.18. The molecule has 0 atom stereocenters. The normalized spacial score (nSPS) is 16.0. The van der Waals surface area contributed by atoms with Crippen molar-refractivity contribution in [1.82, 2.24) is 10.6 Å². The Labute approximate surface area is 181 Å². The Bertz CT molecular complexity index is 543. The largest absolute Gasteiger partial charge is 0.382 e. The predicted octanol–water partition coefficient (Wildman–Crippen LogP) is 4.10. The van der Waals surface area contributed by atoms with E-state index >= 15 is 0 Å². The van der Waals surface area contributed by atoms with Gasteiger partial charge in [0, 0.05) is 40.5 Å². The monoisotopic (exact) mass is 489 g/mol. The molecule has 154 valence electrons. The van der Waals surface area contributed by atoms with Crippen LogP contribution in [0.4, 0.5) is 0 Å². The maximum absolute atomic E-state index is 5.60. The number of halogens is 1. The second-order valence-electron chi connectivity index (χ2n) is 7.18. The molecule has 1 saturated carbocycles. The summed E-state index contributed by atoms with van der Waals surface area (Å²) in [6.07, 6.45) is 6.35. The summed E-state index contributed by atoms with van der Waals surface area (Å²) in [5, 5.41) is 6.97. The lowest BCUT2D eigenvalue weighted by Gasteiger charge is -2.30. The highest BCUT2D eigenvalue weighted by atomic mass is 127. The minimum atomic E-state index is 0. The van der Waals surface area contributed by atoms with Gasteiger partial charge in [0.05, 0.1) is 6.61 Å². The molecule has 0 saturated heterocycles. The van der Waals surface area contributed by atoms with Gasteiger partial charge >= 0.3 is 0 Å². The number of hydrogen-bond acceptors (Lipinski definition) is 3. The summed E-state index contributed by atoms with van der Waals surface area (Å²) >= 11 is 0. The molecule has 27 heavy (non-hydrogen) atoms. The molecule has 1 aromatic rings. The average molecular weight is 489 g/mol. The Kier molecular flexibility index (Phi) is 11.9. The summed E-state index contributed by atoms with van der Waals surface area (Å²) in [6.45, 7) is 6.10. The van der Waals surface area contributed by atoms with Gasteiger partial charge in [-0.1, -0.05) is 37.1 Å². The van der Waals surface area contributed by atoms with E-state index in [1.165, 1.54) is 36.8 Å². The number of guanidine groups is 1.